The molecular weight excluding hydrogens is 307 g/mol. The van der Waals surface area contributed by atoms with Crippen molar-refractivity contribution in [1.82, 2.24) is 4.31 Å². The van der Waals surface area contributed by atoms with Gasteiger partial charge in [0.2, 0.25) is 0 Å². The molecule has 1 atom stereocenters. The summed E-state index contributed by atoms with van der Waals surface area (Å²) in [4.78, 5) is 0. The molecule has 5 nitrogen and oxygen atoms in total. The number of halogens is 3. The molecule has 9 heteroatoms. The van der Waals surface area contributed by atoms with Crippen LogP contribution in [0.2, 0.25) is 0 Å². The van der Waals surface area contributed by atoms with Crippen molar-refractivity contribution < 1.29 is 21.6 Å². The minimum Gasteiger partial charge on any atom is -0.329 e. The summed E-state index contributed by atoms with van der Waals surface area (Å²) in [5.74, 6) is -4.56. The number of benzene rings is 1. The van der Waals surface area contributed by atoms with Gasteiger partial charge in [-0.1, -0.05) is 6.42 Å². The topological polar surface area (TPSA) is 75.4 Å². The van der Waals surface area contributed by atoms with E-state index in [1.54, 1.807) is 0 Å². The lowest BCUT2D eigenvalue weighted by atomic mass is 10.1. The van der Waals surface area contributed by atoms with Gasteiger partial charge in [-0.15, -0.1) is 0 Å². The van der Waals surface area contributed by atoms with Crippen LogP contribution in [0.25, 0.3) is 0 Å². The molecule has 0 spiro atoms. The van der Waals surface area contributed by atoms with Crippen LogP contribution < -0.4 is 10.5 Å². The van der Waals surface area contributed by atoms with Crippen LogP contribution >= 0.6 is 0 Å². The minimum atomic E-state index is -4.00. The SMILES string of the molecule is NCC1CCCCN1S(=O)(=O)Nc1cc(F)c(F)c(F)c1. The Morgan fingerprint density at radius 2 is 1.86 bits per heavy atom. The summed E-state index contributed by atoms with van der Waals surface area (Å²) in [5.41, 5.74) is 5.18. The highest BCUT2D eigenvalue weighted by atomic mass is 32.2. The first-order valence-electron chi connectivity index (χ1n) is 6.49. The first-order valence-corrected chi connectivity index (χ1v) is 7.93. The second-order valence-corrected chi connectivity index (χ2v) is 6.48. The summed E-state index contributed by atoms with van der Waals surface area (Å²) in [7, 11) is -4.00. The van der Waals surface area contributed by atoms with Crippen LogP contribution in [-0.2, 0) is 10.2 Å². The third-order valence-corrected chi connectivity index (χ3v) is 4.98. The van der Waals surface area contributed by atoms with Crippen molar-refractivity contribution in [3.05, 3.63) is 29.6 Å². The summed E-state index contributed by atoms with van der Waals surface area (Å²) in [6, 6.07) is 0.834. The van der Waals surface area contributed by atoms with Crippen LogP contribution in [0, 0.1) is 17.5 Å². The van der Waals surface area contributed by atoms with Gasteiger partial charge in [0.05, 0.1) is 5.69 Å². The maximum atomic E-state index is 13.1. The van der Waals surface area contributed by atoms with Crippen molar-refractivity contribution in [3.8, 4) is 0 Å². The fourth-order valence-electron chi connectivity index (χ4n) is 2.35. The zero-order valence-corrected chi connectivity index (χ0v) is 12.0. The maximum absolute atomic E-state index is 13.1. The highest BCUT2D eigenvalue weighted by Gasteiger charge is 2.31. The summed E-state index contributed by atoms with van der Waals surface area (Å²) in [6.45, 7) is 0.441. The summed E-state index contributed by atoms with van der Waals surface area (Å²) in [6.07, 6.45) is 2.18. The highest BCUT2D eigenvalue weighted by Crippen LogP contribution is 2.23. The number of nitrogens with one attached hydrogen (secondary N) is 1. The van der Waals surface area contributed by atoms with Gasteiger partial charge >= 0.3 is 10.2 Å². The monoisotopic (exact) mass is 323 g/mol. The van der Waals surface area contributed by atoms with Gasteiger partial charge in [-0.05, 0) is 12.8 Å². The Morgan fingerprint density at radius 3 is 2.43 bits per heavy atom. The van der Waals surface area contributed by atoms with Crippen molar-refractivity contribution in [2.75, 3.05) is 17.8 Å². The Labute approximate surface area is 121 Å². The largest absolute Gasteiger partial charge is 0.329 e. The molecule has 1 fully saturated rings. The van der Waals surface area contributed by atoms with E-state index in [9.17, 15) is 21.6 Å². The smallest absolute Gasteiger partial charge is 0.301 e. The van der Waals surface area contributed by atoms with E-state index in [0.717, 1.165) is 6.42 Å². The quantitative estimate of drug-likeness (QED) is 0.826. The fourth-order valence-corrected chi connectivity index (χ4v) is 3.83. The van der Waals surface area contributed by atoms with Crippen molar-refractivity contribution in [1.29, 1.82) is 0 Å². The lowest BCUT2D eigenvalue weighted by molar-refractivity contribution is 0.259. The predicted octanol–water partition coefficient (Wildman–Crippen LogP) is 1.57. The van der Waals surface area contributed by atoms with E-state index < -0.39 is 27.7 Å². The van der Waals surface area contributed by atoms with E-state index in [2.05, 4.69) is 4.72 Å². The van der Waals surface area contributed by atoms with Gasteiger partial charge in [0.15, 0.2) is 17.5 Å². The van der Waals surface area contributed by atoms with E-state index >= 15 is 0 Å². The second-order valence-electron chi connectivity index (χ2n) is 4.86. The van der Waals surface area contributed by atoms with Crippen LogP contribution in [-0.4, -0.2) is 31.9 Å². The molecule has 1 heterocycles. The molecule has 1 saturated heterocycles. The summed E-state index contributed by atoms with van der Waals surface area (Å²) < 4.78 is 66.8. The molecule has 21 heavy (non-hydrogen) atoms. The van der Waals surface area contributed by atoms with Crippen molar-refractivity contribution >= 4 is 15.9 Å². The normalized spacial score (nSPS) is 20.5. The van der Waals surface area contributed by atoms with E-state index in [1.165, 1.54) is 4.31 Å². The molecule has 1 aromatic rings. The Hall–Kier alpha value is -1.32. The number of piperidine rings is 1. The number of hydrogen-bond acceptors (Lipinski definition) is 3. The first kappa shape index (κ1) is 16.1. The molecule has 1 aliphatic heterocycles. The Bertz CT molecular complexity index is 601. The first-order chi connectivity index (χ1) is 9.85. The van der Waals surface area contributed by atoms with E-state index in [-0.39, 0.29) is 24.8 Å². The van der Waals surface area contributed by atoms with Crippen LogP contribution in [0.3, 0.4) is 0 Å². The zero-order valence-electron chi connectivity index (χ0n) is 11.2. The average molecular weight is 323 g/mol. The Morgan fingerprint density at radius 1 is 1.24 bits per heavy atom. The van der Waals surface area contributed by atoms with Gasteiger partial charge in [0, 0.05) is 31.3 Å². The van der Waals surface area contributed by atoms with Gasteiger partial charge in [-0.2, -0.15) is 12.7 Å². The van der Waals surface area contributed by atoms with Gasteiger partial charge < -0.3 is 5.73 Å². The van der Waals surface area contributed by atoms with E-state index in [1.807, 2.05) is 0 Å². The molecule has 0 radical (unpaired) electrons. The lowest BCUT2D eigenvalue weighted by Crippen LogP contribution is -2.49. The number of hydrogen-bond donors (Lipinski definition) is 2. The van der Waals surface area contributed by atoms with Crippen molar-refractivity contribution in [2.24, 2.45) is 5.73 Å². The Kier molecular flexibility index (Phi) is 4.74. The molecule has 1 aromatic carbocycles. The van der Waals surface area contributed by atoms with Crippen molar-refractivity contribution in [3.63, 3.8) is 0 Å². The van der Waals surface area contributed by atoms with Crippen LogP contribution in [0.5, 0.6) is 0 Å². The number of rotatable bonds is 4. The van der Waals surface area contributed by atoms with Crippen molar-refractivity contribution in [2.45, 2.75) is 25.3 Å². The molecule has 1 unspecified atom stereocenters. The second kappa shape index (κ2) is 6.20. The van der Waals surface area contributed by atoms with Gasteiger partial charge in [0.1, 0.15) is 0 Å². The van der Waals surface area contributed by atoms with Crippen LogP contribution in [0.1, 0.15) is 19.3 Å². The fraction of sp³-hybridized carbons (Fsp3) is 0.500. The van der Waals surface area contributed by atoms with E-state index in [0.29, 0.717) is 25.0 Å². The predicted molar refractivity (Wildman–Crippen MR) is 72.3 cm³/mol. The number of anilines is 1. The van der Waals surface area contributed by atoms with Gasteiger partial charge in [0.25, 0.3) is 0 Å². The molecule has 0 aliphatic carbocycles. The Balaban J connectivity index is 2.24. The lowest BCUT2D eigenvalue weighted by Gasteiger charge is -2.33. The van der Waals surface area contributed by atoms with E-state index in [4.69, 9.17) is 5.73 Å². The van der Waals surface area contributed by atoms with Gasteiger partial charge in [-0.25, -0.2) is 13.2 Å². The molecule has 1 aliphatic rings. The molecule has 2 rings (SSSR count). The molecule has 0 bridgehead atoms. The van der Waals surface area contributed by atoms with Gasteiger partial charge in [-0.3, -0.25) is 4.72 Å². The average Bonchev–Trinajstić information content (AvgIpc) is 2.44. The standard InChI is InChI=1S/C12H16F3N3O2S/c13-10-5-8(6-11(14)12(10)15)17-21(19,20)18-4-2-1-3-9(18)7-16/h5-6,9,17H,1-4,7,16H2. The zero-order chi connectivity index (χ0) is 15.6. The number of nitrogens with zero attached hydrogens (tertiary/aromatic N) is 1. The molecular formula is C12H16F3N3O2S. The highest BCUT2D eigenvalue weighted by molar-refractivity contribution is 7.90. The summed E-state index contributed by atoms with van der Waals surface area (Å²) in [5, 5.41) is 0. The molecule has 118 valence electrons. The third-order valence-electron chi connectivity index (χ3n) is 3.38. The third kappa shape index (κ3) is 3.47. The molecule has 3 N–H and O–H groups in total. The van der Waals surface area contributed by atoms with Crippen LogP contribution in [0.4, 0.5) is 18.9 Å². The number of nitrogens with two attached hydrogens (primary N) is 1. The maximum Gasteiger partial charge on any atom is 0.301 e. The summed E-state index contributed by atoms with van der Waals surface area (Å²) >= 11 is 0. The molecule has 0 aromatic heterocycles. The van der Waals surface area contributed by atoms with Crippen LogP contribution in [0.15, 0.2) is 12.1 Å². The minimum absolute atomic E-state index is 0.160. The molecule has 0 amide bonds. The molecule has 0 saturated carbocycles.